The average Bonchev–Trinajstić information content (AvgIpc) is 2.78. The zero-order valence-corrected chi connectivity index (χ0v) is 19.4. The highest BCUT2D eigenvalue weighted by molar-refractivity contribution is 8.00. The van der Waals surface area contributed by atoms with E-state index < -0.39 is 11.0 Å². The van der Waals surface area contributed by atoms with Gasteiger partial charge in [-0.05, 0) is 59.8 Å². The van der Waals surface area contributed by atoms with Gasteiger partial charge in [-0.2, -0.15) is 0 Å². The molecule has 0 radical (unpaired) electrons. The molecule has 1 atom stereocenters. The predicted octanol–water partition coefficient (Wildman–Crippen LogP) is 6.81. The molecule has 3 aromatic carbocycles. The van der Waals surface area contributed by atoms with Gasteiger partial charge in [0.2, 0.25) is 0 Å². The summed E-state index contributed by atoms with van der Waals surface area (Å²) >= 11 is 14.4. The molecule has 31 heavy (non-hydrogen) atoms. The van der Waals surface area contributed by atoms with Crippen LogP contribution in [0, 0.1) is 0 Å². The Morgan fingerprint density at radius 3 is 2.65 bits per heavy atom. The largest absolute Gasteiger partial charge is 0.326 e. The summed E-state index contributed by atoms with van der Waals surface area (Å²) in [5, 5.41) is 3.43. The van der Waals surface area contributed by atoms with Crippen molar-refractivity contribution in [3.05, 3.63) is 83.0 Å². The number of hydrogen-bond acceptors (Lipinski definition) is 4. The highest BCUT2D eigenvalue weighted by Crippen LogP contribution is 2.37. The second-order valence-electron chi connectivity index (χ2n) is 7.02. The lowest BCUT2D eigenvalue weighted by Gasteiger charge is -2.31. The van der Waals surface area contributed by atoms with Gasteiger partial charge in [-0.3, -0.25) is 9.29 Å². The van der Waals surface area contributed by atoms with Crippen LogP contribution in [0.25, 0.3) is 22.0 Å². The molecule has 0 saturated carbocycles. The summed E-state index contributed by atoms with van der Waals surface area (Å²) in [6, 6.07) is 21.6. The Bertz CT molecular complexity index is 1310. The van der Waals surface area contributed by atoms with Gasteiger partial charge in [0, 0.05) is 34.3 Å². The molecule has 0 bridgehead atoms. The molecule has 1 fully saturated rings. The first-order valence-corrected chi connectivity index (χ1v) is 12.5. The summed E-state index contributed by atoms with van der Waals surface area (Å²) in [6.07, 6.45) is 1.80. The maximum absolute atomic E-state index is 11.8. The van der Waals surface area contributed by atoms with Crippen LogP contribution in [0.4, 0.5) is 11.4 Å². The Balaban J connectivity index is 1.39. The minimum atomic E-state index is -0.929. The number of fused-ring (bicyclic) bond motifs is 1. The predicted molar refractivity (Wildman–Crippen MR) is 133 cm³/mol. The molecule has 0 spiro atoms. The Labute approximate surface area is 197 Å². The lowest BCUT2D eigenvalue weighted by atomic mass is 10.0. The van der Waals surface area contributed by atoms with Crippen molar-refractivity contribution in [3.63, 3.8) is 0 Å². The molecule has 1 N–H and O–H groups in total. The lowest BCUT2D eigenvalue weighted by molar-refractivity contribution is 0.670. The summed E-state index contributed by atoms with van der Waals surface area (Å²) in [5.74, 6) is 0.708. The van der Waals surface area contributed by atoms with E-state index in [2.05, 4.69) is 21.8 Å². The van der Waals surface area contributed by atoms with Gasteiger partial charge in [-0.1, -0.05) is 47.5 Å². The van der Waals surface area contributed by atoms with Crippen molar-refractivity contribution >= 4 is 68.3 Å². The summed E-state index contributed by atoms with van der Waals surface area (Å²) in [7, 11) is -0.929. The normalized spacial score (nSPS) is 15.7. The maximum Gasteiger partial charge on any atom is 0.121 e. The van der Waals surface area contributed by atoms with Crippen LogP contribution in [-0.2, 0) is 11.0 Å². The fourth-order valence-corrected chi connectivity index (χ4v) is 5.46. The van der Waals surface area contributed by atoms with Gasteiger partial charge in [0.15, 0.2) is 0 Å². The molecule has 1 saturated heterocycles. The van der Waals surface area contributed by atoms with E-state index >= 15 is 0 Å². The van der Waals surface area contributed by atoms with Crippen molar-refractivity contribution in [2.24, 2.45) is 0 Å². The van der Waals surface area contributed by atoms with Crippen molar-refractivity contribution in [1.29, 1.82) is 0 Å². The molecule has 1 aliphatic rings. The van der Waals surface area contributed by atoms with Crippen LogP contribution in [0.5, 0.6) is 0 Å². The van der Waals surface area contributed by atoms with Gasteiger partial charge in [0.05, 0.1) is 27.2 Å². The molecule has 0 amide bonds. The summed E-state index contributed by atoms with van der Waals surface area (Å²) in [4.78, 5) is 5.47. The van der Waals surface area contributed by atoms with Crippen molar-refractivity contribution < 1.29 is 4.21 Å². The number of benzene rings is 3. The van der Waals surface area contributed by atoms with Crippen LogP contribution in [0.15, 0.2) is 77.8 Å². The minimum Gasteiger partial charge on any atom is -0.326 e. The van der Waals surface area contributed by atoms with Crippen LogP contribution in [-0.4, -0.2) is 21.5 Å². The number of halogens is 2. The average molecular weight is 486 g/mol. The topological polar surface area (TPSA) is 45.2 Å². The number of nitrogens with one attached hydrogen (secondary N) is 1. The van der Waals surface area contributed by atoms with Crippen molar-refractivity contribution in [3.8, 4) is 11.3 Å². The fraction of sp³-hybridized carbons (Fsp3) is 0.0870. The molecule has 1 aliphatic heterocycles. The molecule has 5 rings (SSSR count). The first-order valence-electron chi connectivity index (χ1n) is 9.62. The SMILES string of the molecule is O=S1CCN1c1ccc(SNc2ccc(Cl)c(-c3nccc4ccccc34)c2)c(Cl)c1. The summed E-state index contributed by atoms with van der Waals surface area (Å²) in [5.41, 5.74) is 3.49. The van der Waals surface area contributed by atoms with Crippen molar-refractivity contribution in [2.45, 2.75) is 4.90 Å². The van der Waals surface area contributed by atoms with E-state index in [0.29, 0.717) is 15.8 Å². The van der Waals surface area contributed by atoms with Crippen LogP contribution in [0.2, 0.25) is 10.0 Å². The molecule has 1 aromatic heterocycles. The molecular formula is C23H17Cl2N3OS2. The fourth-order valence-electron chi connectivity index (χ4n) is 3.45. The Morgan fingerprint density at radius 2 is 1.87 bits per heavy atom. The number of nitrogens with zero attached hydrogens (tertiary/aromatic N) is 2. The van der Waals surface area contributed by atoms with E-state index in [1.54, 1.807) is 6.20 Å². The van der Waals surface area contributed by atoms with Gasteiger partial charge in [0.1, 0.15) is 11.0 Å². The smallest absolute Gasteiger partial charge is 0.121 e. The van der Waals surface area contributed by atoms with Crippen molar-refractivity contribution in [2.75, 3.05) is 21.3 Å². The molecular weight excluding hydrogens is 469 g/mol. The van der Waals surface area contributed by atoms with E-state index in [-0.39, 0.29) is 0 Å². The Morgan fingerprint density at radius 1 is 1.00 bits per heavy atom. The van der Waals surface area contributed by atoms with Gasteiger partial charge in [-0.15, -0.1) is 0 Å². The second kappa shape index (κ2) is 8.71. The lowest BCUT2D eigenvalue weighted by Crippen LogP contribution is -2.42. The molecule has 4 nitrogen and oxygen atoms in total. The number of aromatic nitrogens is 1. The van der Waals surface area contributed by atoms with Crippen LogP contribution < -0.4 is 9.03 Å². The molecule has 0 aliphatic carbocycles. The molecule has 1 unspecified atom stereocenters. The number of pyridine rings is 1. The van der Waals surface area contributed by atoms with E-state index in [4.69, 9.17) is 23.2 Å². The highest BCUT2D eigenvalue weighted by Gasteiger charge is 2.24. The van der Waals surface area contributed by atoms with Gasteiger partial charge in [-0.25, -0.2) is 4.21 Å². The van der Waals surface area contributed by atoms with Crippen LogP contribution in [0.1, 0.15) is 0 Å². The van der Waals surface area contributed by atoms with E-state index in [9.17, 15) is 4.21 Å². The number of rotatable bonds is 5. The first kappa shape index (κ1) is 20.6. The van der Waals surface area contributed by atoms with E-state index in [1.807, 2.05) is 58.9 Å². The van der Waals surface area contributed by atoms with Gasteiger partial charge < -0.3 is 4.72 Å². The second-order valence-corrected chi connectivity index (χ2v) is 10.2. The van der Waals surface area contributed by atoms with Crippen LogP contribution in [0.3, 0.4) is 0 Å². The number of hydrogen-bond donors (Lipinski definition) is 1. The van der Waals surface area contributed by atoms with Crippen LogP contribution >= 0.6 is 35.1 Å². The Hall–Kier alpha value is -2.25. The van der Waals surface area contributed by atoms with Crippen molar-refractivity contribution in [1.82, 2.24) is 4.98 Å². The third-order valence-electron chi connectivity index (χ3n) is 5.09. The quantitative estimate of drug-likeness (QED) is 0.315. The minimum absolute atomic E-state index is 0.615. The third kappa shape index (κ3) is 4.13. The third-order valence-corrected chi connectivity index (χ3v) is 8.18. The maximum atomic E-state index is 11.8. The van der Waals surface area contributed by atoms with E-state index in [1.165, 1.54) is 11.9 Å². The van der Waals surface area contributed by atoms with Gasteiger partial charge >= 0.3 is 0 Å². The highest BCUT2D eigenvalue weighted by atomic mass is 35.5. The monoisotopic (exact) mass is 485 g/mol. The zero-order chi connectivity index (χ0) is 21.4. The van der Waals surface area contributed by atoms with E-state index in [0.717, 1.165) is 44.8 Å². The Kier molecular flexibility index (Phi) is 5.80. The summed E-state index contributed by atoms with van der Waals surface area (Å²) < 4.78 is 16.9. The zero-order valence-electron chi connectivity index (χ0n) is 16.2. The molecule has 8 heteroatoms. The molecule has 2 heterocycles. The summed E-state index contributed by atoms with van der Waals surface area (Å²) in [6.45, 7) is 0.795. The molecule has 4 aromatic rings. The standard InChI is InChI=1S/C23H17Cl2N3OS2/c24-20-7-5-16(13-19(20)23-18-4-2-1-3-15(18)9-10-26-23)27-30-22-8-6-17(14-21(22)25)28-11-12-31(28)29/h1-10,13-14,27H,11-12H2. The number of anilines is 2. The first-order chi connectivity index (χ1) is 15.1. The van der Waals surface area contributed by atoms with Gasteiger partial charge in [0.25, 0.3) is 0 Å². The molecule has 156 valence electrons.